The first-order valence-electron chi connectivity index (χ1n) is 8.45. The van der Waals surface area contributed by atoms with Crippen LogP contribution in [0.5, 0.6) is 0 Å². The van der Waals surface area contributed by atoms with Crippen LogP contribution in [-0.4, -0.2) is 44.7 Å². The van der Waals surface area contributed by atoms with Gasteiger partial charge in [-0.1, -0.05) is 6.42 Å². The smallest absolute Gasteiger partial charge is 0.240 e. The molecule has 1 aliphatic rings. The highest BCUT2D eigenvalue weighted by Crippen LogP contribution is 2.25. The van der Waals surface area contributed by atoms with Crippen LogP contribution in [0.2, 0.25) is 0 Å². The van der Waals surface area contributed by atoms with Crippen molar-refractivity contribution in [1.29, 1.82) is 5.26 Å². The van der Waals surface area contributed by atoms with E-state index in [9.17, 15) is 10.1 Å². The minimum Gasteiger partial charge on any atom is -0.444 e. The van der Waals surface area contributed by atoms with E-state index < -0.39 is 0 Å². The Kier molecular flexibility index (Phi) is 5.14. The van der Waals surface area contributed by atoms with Crippen molar-refractivity contribution in [3.63, 3.8) is 0 Å². The molecule has 0 saturated carbocycles. The second kappa shape index (κ2) is 7.49. The maximum atomic E-state index is 12.5. The molecule has 1 N–H and O–H groups in total. The molecule has 0 spiro atoms. The number of piperidine rings is 1. The molecule has 1 fully saturated rings. The Morgan fingerprint density at radius 3 is 3.04 bits per heavy atom. The van der Waals surface area contributed by atoms with E-state index in [-0.39, 0.29) is 24.4 Å². The van der Waals surface area contributed by atoms with Gasteiger partial charge in [0.1, 0.15) is 30.0 Å². The lowest BCUT2D eigenvalue weighted by Crippen LogP contribution is -2.46. The number of nitrogens with zero attached hydrogens (tertiary/aromatic N) is 5. The minimum absolute atomic E-state index is 0.171. The van der Waals surface area contributed by atoms with Crippen molar-refractivity contribution >= 4 is 11.8 Å². The van der Waals surface area contributed by atoms with Gasteiger partial charge in [0.2, 0.25) is 11.8 Å². The monoisotopic (exact) mass is 342 g/mol. The topological polar surface area (TPSA) is 100.0 Å². The highest BCUT2D eigenvalue weighted by atomic mass is 16.4. The third-order valence-electron chi connectivity index (χ3n) is 4.71. The average molecular weight is 342 g/mol. The van der Waals surface area contributed by atoms with Gasteiger partial charge in [-0.3, -0.25) is 19.7 Å². The van der Waals surface area contributed by atoms with Crippen LogP contribution in [0.1, 0.15) is 36.1 Å². The number of aryl methyl sites for hydroxylation is 1. The molecule has 25 heavy (non-hydrogen) atoms. The fourth-order valence-electron chi connectivity index (χ4n) is 3.22. The highest BCUT2D eigenvalue weighted by molar-refractivity contribution is 5.92. The van der Waals surface area contributed by atoms with Gasteiger partial charge in [-0.25, -0.2) is 4.98 Å². The summed E-state index contributed by atoms with van der Waals surface area (Å²) in [5.41, 5.74) is 1.16. The first kappa shape index (κ1) is 17.2. The molecule has 1 amide bonds. The Labute approximate surface area is 146 Å². The molecule has 3 rings (SSSR count). The van der Waals surface area contributed by atoms with Crippen molar-refractivity contribution in [3.05, 3.63) is 29.5 Å². The summed E-state index contributed by atoms with van der Waals surface area (Å²) in [6.45, 7) is 5.45. The summed E-state index contributed by atoms with van der Waals surface area (Å²) < 4.78 is 7.31. The Morgan fingerprint density at radius 2 is 2.32 bits per heavy atom. The van der Waals surface area contributed by atoms with Crippen LogP contribution in [0, 0.1) is 25.2 Å². The molecule has 2 aromatic rings. The van der Waals surface area contributed by atoms with Crippen LogP contribution in [0.4, 0.5) is 5.88 Å². The summed E-state index contributed by atoms with van der Waals surface area (Å²) in [6.07, 6.45) is 6.46. The van der Waals surface area contributed by atoms with Crippen molar-refractivity contribution in [1.82, 2.24) is 19.7 Å². The number of carbonyl (C=O) groups is 1. The predicted octanol–water partition coefficient (Wildman–Crippen LogP) is 1.85. The van der Waals surface area contributed by atoms with E-state index in [4.69, 9.17) is 4.42 Å². The number of likely N-dealkylation sites (tertiary alicyclic amines) is 1. The molecule has 2 aromatic heterocycles. The number of rotatable bonds is 5. The van der Waals surface area contributed by atoms with Gasteiger partial charge >= 0.3 is 0 Å². The minimum atomic E-state index is -0.171. The van der Waals surface area contributed by atoms with Crippen LogP contribution >= 0.6 is 0 Å². The zero-order chi connectivity index (χ0) is 17.8. The summed E-state index contributed by atoms with van der Waals surface area (Å²) in [6, 6.07) is 2.34. The lowest BCUT2D eigenvalue weighted by atomic mass is 10.0. The standard InChI is InChI=1S/C17H22N6O2/c1-12-13(2)25-17(15(12)7-18)21-16(24)9-22-6-4-3-5-14(22)8-23-11-19-10-20-23/h10-11,14H,3-6,8-9H2,1-2H3,(H,21,24)/t14-/m1/s1. The average Bonchev–Trinajstić information content (AvgIpc) is 3.18. The third-order valence-corrected chi connectivity index (χ3v) is 4.71. The zero-order valence-corrected chi connectivity index (χ0v) is 14.5. The summed E-state index contributed by atoms with van der Waals surface area (Å²) in [4.78, 5) is 18.6. The van der Waals surface area contributed by atoms with Crippen molar-refractivity contribution in [2.45, 2.75) is 45.7 Å². The summed E-state index contributed by atoms with van der Waals surface area (Å²) >= 11 is 0. The zero-order valence-electron chi connectivity index (χ0n) is 14.5. The van der Waals surface area contributed by atoms with E-state index in [1.807, 2.05) is 6.92 Å². The molecular weight excluding hydrogens is 320 g/mol. The van der Waals surface area contributed by atoms with E-state index >= 15 is 0 Å². The number of nitriles is 1. The number of amides is 1. The normalized spacial score (nSPS) is 18.0. The van der Waals surface area contributed by atoms with E-state index in [0.717, 1.165) is 37.9 Å². The number of aromatic nitrogens is 3. The largest absolute Gasteiger partial charge is 0.444 e. The van der Waals surface area contributed by atoms with Gasteiger partial charge in [0.25, 0.3) is 0 Å². The van der Waals surface area contributed by atoms with Crippen molar-refractivity contribution in [3.8, 4) is 6.07 Å². The van der Waals surface area contributed by atoms with Gasteiger partial charge in [0, 0.05) is 11.6 Å². The lowest BCUT2D eigenvalue weighted by Gasteiger charge is -2.34. The van der Waals surface area contributed by atoms with Crippen LogP contribution in [-0.2, 0) is 11.3 Å². The van der Waals surface area contributed by atoms with Gasteiger partial charge in [-0.15, -0.1) is 0 Å². The molecule has 0 aliphatic carbocycles. The number of hydrogen-bond donors (Lipinski definition) is 1. The second-order valence-electron chi connectivity index (χ2n) is 6.38. The maximum Gasteiger partial charge on any atom is 0.240 e. The molecule has 1 saturated heterocycles. The summed E-state index contributed by atoms with van der Waals surface area (Å²) in [5, 5.41) is 16.1. The van der Waals surface area contributed by atoms with Crippen LogP contribution in [0.25, 0.3) is 0 Å². The summed E-state index contributed by atoms with van der Waals surface area (Å²) in [7, 11) is 0. The van der Waals surface area contributed by atoms with Gasteiger partial charge in [0.15, 0.2) is 0 Å². The highest BCUT2D eigenvalue weighted by Gasteiger charge is 2.26. The van der Waals surface area contributed by atoms with E-state index in [0.29, 0.717) is 11.3 Å². The molecule has 8 heteroatoms. The Morgan fingerprint density at radius 1 is 1.48 bits per heavy atom. The number of carbonyl (C=O) groups excluding carboxylic acids is 1. The van der Waals surface area contributed by atoms with Gasteiger partial charge < -0.3 is 4.42 Å². The molecular formula is C17H22N6O2. The Hall–Kier alpha value is -2.66. The molecule has 0 bridgehead atoms. The molecule has 3 heterocycles. The van der Waals surface area contributed by atoms with Gasteiger partial charge in [-0.05, 0) is 33.2 Å². The first-order chi connectivity index (χ1) is 12.1. The lowest BCUT2D eigenvalue weighted by molar-refractivity contribution is -0.118. The SMILES string of the molecule is Cc1oc(NC(=O)CN2CCCC[C@@H]2Cn2cncn2)c(C#N)c1C. The Balaban J connectivity index is 1.64. The molecule has 1 aliphatic heterocycles. The van der Waals surface area contributed by atoms with Crippen molar-refractivity contribution < 1.29 is 9.21 Å². The molecule has 0 unspecified atom stereocenters. The second-order valence-corrected chi connectivity index (χ2v) is 6.38. The predicted molar refractivity (Wildman–Crippen MR) is 90.8 cm³/mol. The van der Waals surface area contributed by atoms with Gasteiger partial charge in [-0.2, -0.15) is 10.4 Å². The number of furan rings is 1. The maximum absolute atomic E-state index is 12.5. The quantitative estimate of drug-likeness (QED) is 0.890. The summed E-state index contributed by atoms with van der Waals surface area (Å²) in [5.74, 6) is 0.719. The first-order valence-corrected chi connectivity index (χ1v) is 8.45. The van der Waals surface area contributed by atoms with Crippen molar-refractivity contribution in [2.75, 3.05) is 18.4 Å². The molecule has 0 radical (unpaired) electrons. The Bertz CT molecular complexity index is 774. The fourth-order valence-corrected chi connectivity index (χ4v) is 3.22. The molecule has 1 atom stereocenters. The third kappa shape index (κ3) is 3.88. The molecule has 132 valence electrons. The molecule has 8 nitrogen and oxygen atoms in total. The van der Waals surface area contributed by atoms with E-state index in [2.05, 4.69) is 26.4 Å². The van der Waals surface area contributed by atoms with Gasteiger partial charge in [0.05, 0.1) is 13.1 Å². The fraction of sp³-hybridized carbons (Fsp3) is 0.529. The van der Waals surface area contributed by atoms with Crippen molar-refractivity contribution in [2.24, 2.45) is 0 Å². The van der Waals surface area contributed by atoms with Crippen LogP contribution < -0.4 is 5.32 Å². The van der Waals surface area contributed by atoms with Crippen LogP contribution in [0.15, 0.2) is 17.1 Å². The van der Waals surface area contributed by atoms with Crippen LogP contribution in [0.3, 0.4) is 0 Å². The number of hydrogen-bond acceptors (Lipinski definition) is 6. The number of anilines is 1. The van der Waals surface area contributed by atoms with E-state index in [1.165, 1.54) is 6.33 Å². The van der Waals surface area contributed by atoms with E-state index in [1.54, 1.807) is 17.9 Å². The molecule has 0 aromatic carbocycles. The number of nitrogens with one attached hydrogen (secondary N) is 1.